The van der Waals surface area contributed by atoms with E-state index in [2.05, 4.69) is 0 Å². The number of nitrogens with zero attached hydrogens (tertiary/aromatic N) is 2. The number of non-ortho nitro benzene ring substituents is 1. The van der Waals surface area contributed by atoms with Gasteiger partial charge in [-0.05, 0) is 25.1 Å². The topological polar surface area (TPSA) is 83.7 Å². The summed E-state index contributed by atoms with van der Waals surface area (Å²) in [5, 5.41) is 20.0. The van der Waals surface area contributed by atoms with Gasteiger partial charge < -0.3 is 5.11 Å². The number of aliphatic carboxylic acids is 1. The minimum absolute atomic E-state index is 0.0128. The van der Waals surface area contributed by atoms with Gasteiger partial charge in [-0.15, -0.1) is 0 Å². The van der Waals surface area contributed by atoms with E-state index in [4.69, 9.17) is 0 Å². The average molecular weight is 266 g/mol. The van der Waals surface area contributed by atoms with E-state index in [0.29, 0.717) is 18.7 Å². The number of carboxylic acids is 1. The Morgan fingerprint density at radius 3 is 2.53 bits per heavy atom. The Balaban J connectivity index is 2.93. The van der Waals surface area contributed by atoms with Crippen molar-refractivity contribution in [2.24, 2.45) is 0 Å². The molecule has 104 valence electrons. The fourth-order valence-electron chi connectivity index (χ4n) is 2.06. The summed E-state index contributed by atoms with van der Waals surface area (Å²) < 4.78 is 0. The van der Waals surface area contributed by atoms with E-state index < -0.39 is 16.9 Å². The van der Waals surface area contributed by atoms with Crippen molar-refractivity contribution in [1.82, 2.24) is 4.90 Å². The SMILES string of the molecule is CCN(CC)[C@H](Cc1cccc([N+](=O)[O-])c1)C(=O)O. The molecule has 0 fully saturated rings. The molecule has 0 aliphatic carbocycles. The summed E-state index contributed by atoms with van der Waals surface area (Å²) in [5.74, 6) is -0.907. The van der Waals surface area contributed by atoms with Crippen LogP contribution in [0.3, 0.4) is 0 Å². The summed E-state index contributed by atoms with van der Waals surface area (Å²) in [7, 11) is 0. The molecule has 0 aliphatic heterocycles. The van der Waals surface area contributed by atoms with Crippen LogP contribution in [0.4, 0.5) is 5.69 Å². The third-order valence-electron chi connectivity index (χ3n) is 3.09. The first-order valence-corrected chi connectivity index (χ1v) is 6.19. The van der Waals surface area contributed by atoms with Gasteiger partial charge in [0, 0.05) is 12.1 Å². The molecule has 0 radical (unpaired) electrons. The van der Waals surface area contributed by atoms with Crippen molar-refractivity contribution in [1.29, 1.82) is 0 Å². The zero-order valence-corrected chi connectivity index (χ0v) is 11.1. The van der Waals surface area contributed by atoms with E-state index in [0.717, 1.165) is 0 Å². The lowest BCUT2D eigenvalue weighted by Gasteiger charge is -2.26. The Kier molecular flexibility index (Phi) is 5.44. The molecule has 19 heavy (non-hydrogen) atoms. The van der Waals surface area contributed by atoms with Crippen LogP contribution in [-0.2, 0) is 11.2 Å². The van der Waals surface area contributed by atoms with Gasteiger partial charge in [0.05, 0.1) is 4.92 Å². The molecular formula is C13H18N2O4. The molecule has 1 aromatic rings. The quantitative estimate of drug-likeness (QED) is 0.602. The molecule has 6 nitrogen and oxygen atoms in total. The van der Waals surface area contributed by atoms with E-state index in [1.54, 1.807) is 12.1 Å². The number of nitro groups is 1. The highest BCUT2D eigenvalue weighted by Gasteiger charge is 2.24. The number of hydrogen-bond acceptors (Lipinski definition) is 4. The van der Waals surface area contributed by atoms with Crippen LogP contribution >= 0.6 is 0 Å². The monoisotopic (exact) mass is 266 g/mol. The minimum atomic E-state index is -0.907. The summed E-state index contributed by atoms with van der Waals surface area (Å²) in [6, 6.07) is 5.47. The van der Waals surface area contributed by atoms with Gasteiger partial charge in [0.25, 0.3) is 5.69 Å². The van der Waals surface area contributed by atoms with Crippen molar-refractivity contribution in [3.05, 3.63) is 39.9 Å². The van der Waals surface area contributed by atoms with Crippen molar-refractivity contribution < 1.29 is 14.8 Å². The number of likely N-dealkylation sites (N-methyl/N-ethyl adjacent to an activating group) is 1. The molecule has 1 rings (SSSR count). The van der Waals surface area contributed by atoms with Crippen molar-refractivity contribution in [3.63, 3.8) is 0 Å². The Morgan fingerprint density at radius 2 is 2.05 bits per heavy atom. The molecule has 0 aliphatic rings. The maximum Gasteiger partial charge on any atom is 0.321 e. The van der Waals surface area contributed by atoms with Gasteiger partial charge in [0.1, 0.15) is 6.04 Å². The van der Waals surface area contributed by atoms with Crippen LogP contribution in [0.25, 0.3) is 0 Å². The van der Waals surface area contributed by atoms with Crippen molar-refractivity contribution in [3.8, 4) is 0 Å². The average Bonchev–Trinajstić information content (AvgIpc) is 2.39. The lowest BCUT2D eigenvalue weighted by Crippen LogP contribution is -2.42. The Bertz CT molecular complexity index is 458. The molecular weight excluding hydrogens is 248 g/mol. The van der Waals surface area contributed by atoms with Gasteiger partial charge in [-0.25, -0.2) is 0 Å². The number of benzene rings is 1. The lowest BCUT2D eigenvalue weighted by molar-refractivity contribution is -0.384. The Labute approximate surface area is 111 Å². The summed E-state index contributed by atoms with van der Waals surface area (Å²) in [4.78, 5) is 23.3. The standard InChI is InChI=1S/C13H18N2O4/c1-3-14(4-2)12(13(16)17)9-10-6-5-7-11(8-10)15(18)19/h5-8,12H,3-4,9H2,1-2H3,(H,16,17)/t12-/m1/s1. The van der Waals surface area contributed by atoms with E-state index in [9.17, 15) is 20.0 Å². The number of rotatable bonds is 7. The Morgan fingerprint density at radius 1 is 1.42 bits per heavy atom. The van der Waals surface area contributed by atoms with Crippen LogP contribution in [0.1, 0.15) is 19.4 Å². The summed E-state index contributed by atoms with van der Waals surface area (Å²) in [6.07, 6.45) is 0.263. The molecule has 0 heterocycles. The summed E-state index contributed by atoms with van der Waals surface area (Å²) in [5.41, 5.74) is 0.648. The van der Waals surface area contributed by atoms with Gasteiger partial charge in [-0.3, -0.25) is 19.8 Å². The largest absolute Gasteiger partial charge is 0.480 e. The number of carboxylic acid groups (broad SMARTS) is 1. The van der Waals surface area contributed by atoms with Crippen LogP contribution in [0.5, 0.6) is 0 Å². The van der Waals surface area contributed by atoms with Crippen LogP contribution in [0, 0.1) is 10.1 Å². The fourth-order valence-corrected chi connectivity index (χ4v) is 2.06. The zero-order valence-electron chi connectivity index (χ0n) is 11.1. The molecule has 0 amide bonds. The molecule has 1 atom stereocenters. The van der Waals surface area contributed by atoms with E-state index in [-0.39, 0.29) is 12.1 Å². The molecule has 0 spiro atoms. The zero-order chi connectivity index (χ0) is 14.4. The van der Waals surface area contributed by atoms with Crippen molar-refractivity contribution >= 4 is 11.7 Å². The maximum absolute atomic E-state index is 11.3. The first-order chi connectivity index (χ1) is 8.99. The van der Waals surface area contributed by atoms with Crippen LogP contribution in [0.15, 0.2) is 24.3 Å². The highest BCUT2D eigenvalue weighted by atomic mass is 16.6. The molecule has 0 saturated heterocycles. The second-order valence-corrected chi connectivity index (χ2v) is 4.21. The van der Waals surface area contributed by atoms with Gasteiger partial charge in [-0.1, -0.05) is 26.0 Å². The third-order valence-corrected chi connectivity index (χ3v) is 3.09. The highest BCUT2D eigenvalue weighted by Crippen LogP contribution is 2.16. The molecule has 0 aromatic heterocycles. The Hall–Kier alpha value is -1.95. The predicted octanol–water partition coefficient (Wildman–Crippen LogP) is 1.93. The van der Waals surface area contributed by atoms with Crippen molar-refractivity contribution in [2.45, 2.75) is 26.3 Å². The minimum Gasteiger partial charge on any atom is -0.480 e. The third kappa shape index (κ3) is 4.03. The first-order valence-electron chi connectivity index (χ1n) is 6.19. The molecule has 0 saturated carbocycles. The smallest absolute Gasteiger partial charge is 0.321 e. The number of nitro benzene ring substituents is 1. The number of carbonyl (C=O) groups is 1. The second kappa shape index (κ2) is 6.84. The number of hydrogen-bond donors (Lipinski definition) is 1. The maximum atomic E-state index is 11.3. The van der Waals surface area contributed by atoms with Gasteiger partial charge in [0.2, 0.25) is 0 Å². The van der Waals surface area contributed by atoms with Gasteiger partial charge >= 0.3 is 5.97 Å². The van der Waals surface area contributed by atoms with E-state index in [1.165, 1.54) is 12.1 Å². The lowest BCUT2D eigenvalue weighted by atomic mass is 10.0. The molecule has 1 N–H and O–H groups in total. The summed E-state index contributed by atoms with van der Waals surface area (Å²) >= 11 is 0. The van der Waals surface area contributed by atoms with E-state index in [1.807, 2.05) is 18.7 Å². The van der Waals surface area contributed by atoms with Gasteiger partial charge in [-0.2, -0.15) is 0 Å². The molecule has 0 bridgehead atoms. The highest BCUT2D eigenvalue weighted by molar-refractivity contribution is 5.74. The van der Waals surface area contributed by atoms with Crippen LogP contribution < -0.4 is 0 Å². The first kappa shape index (κ1) is 15.1. The molecule has 1 aromatic carbocycles. The predicted molar refractivity (Wildman–Crippen MR) is 71.1 cm³/mol. The molecule has 6 heteroatoms. The van der Waals surface area contributed by atoms with Crippen molar-refractivity contribution in [2.75, 3.05) is 13.1 Å². The molecule has 0 unspecified atom stereocenters. The van der Waals surface area contributed by atoms with E-state index >= 15 is 0 Å². The van der Waals surface area contributed by atoms with Crippen LogP contribution in [0.2, 0.25) is 0 Å². The normalized spacial score (nSPS) is 12.4. The van der Waals surface area contributed by atoms with Crippen LogP contribution in [-0.4, -0.2) is 40.0 Å². The summed E-state index contributed by atoms with van der Waals surface area (Å²) in [6.45, 7) is 5.05. The van der Waals surface area contributed by atoms with Gasteiger partial charge in [0.15, 0.2) is 0 Å². The fraction of sp³-hybridized carbons (Fsp3) is 0.462. The second-order valence-electron chi connectivity index (χ2n) is 4.21.